The van der Waals surface area contributed by atoms with Crippen molar-refractivity contribution in [1.29, 1.82) is 0 Å². The highest BCUT2D eigenvalue weighted by Gasteiger charge is 2.30. The molecule has 0 fully saturated rings. The number of carbonyl (C=O) groups is 4. The Bertz CT molecular complexity index is 682. The van der Waals surface area contributed by atoms with E-state index < -0.39 is 47.7 Å². The molecule has 0 radical (unpaired) electrons. The lowest BCUT2D eigenvalue weighted by Gasteiger charge is -2.25. The third kappa shape index (κ3) is 15.0. The van der Waals surface area contributed by atoms with Gasteiger partial charge in [0, 0.05) is 40.7 Å². The Morgan fingerprint density at radius 2 is 1.64 bits per heavy atom. The molecule has 0 heterocycles. The van der Waals surface area contributed by atoms with E-state index in [1.54, 1.807) is 0 Å². The summed E-state index contributed by atoms with van der Waals surface area (Å²) in [5.74, 6) is -3.25. The number of hydrogen-bond acceptors (Lipinski definition) is 13. The molecule has 2 N–H and O–H groups in total. The van der Waals surface area contributed by atoms with E-state index in [1.807, 2.05) is 0 Å². The molecule has 0 aromatic rings. The molecule has 0 aliphatic carbocycles. The van der Waals surface area contributed by atoms with Gasteiger partial charge in [0.25, 0.3) is 0 Å². The van der Waals surface area contributed by atoms with Crippen LogP contribution in [-0.4, -0.2) is 86.6 Å². The molecule has 0 spiro atoms. The summed E-state index contributed by atoms with van der Waals surface area (Å²) in [5, 5.41) is 24.0. The van der Waals surface area contributed by atoms with E-state index in [0.29, 0.717) is 5.23 Å². The van der Waals surface area contributed by atoms with E-state index in [2.05, 4.69) is 10.2 Å². The van der Waals surface area contributed by atoms with Gasteiger partial charge in [-0.2, -0.15) is 0 Å². The van der Waals surface area contributed by atoms with E-state index in [0.717, 1.165) is 20.8 Å². The summed E-state index contributed by atoms with van der Waals surface area (Å²) in [6, 6.07) is 0. The van der Waals surface area contributed by atoms with Crippen molar-refractivity contribution in [1.82, 2.24) is 10.5 Å². The van der Waals surface area contributed by atoms with Crippen LogP contribution in [0.3, 0.4) is 0 Å². The van der Waals surface area contributed by atoms with Gasteiger partial charge in [-0.1, -0.05) is 0 Å². The summed E-state index contributed by atoms with van der Waals surface area (Å²) in [4.78, 5) is 50.4. The highest BCUT2D eigenvalue weighted by Crippen LogP contribution is 2.20. The molecule has 2 atom stereocenters. The number of amides is 1. The predicted molar refractivity (Wildman–Crippen MR) is 109 cm³/mol. The highest BCUT2D eigenvalue weighted by molar-refractivity contribution is 5.75. The SMILES string of the molecule is CON([O-])CCOCCOC(O)/C(NC(C)=O)=C(/OC(C)=O)C(CCOC(C)=O)OC(C)=O. The van der Waals surface area contributed by atoms with E-state index in [1.165, 1.54) is 14.0 Å². The molecule has 0 aliphatic heterocycles. The van der Waals surface area contributed by atoms with Crippen LogP contribution in [0, 0.1) is 5.21 Å². The number of aliphatic hydroxyl groups is 1. The molecule has 190 valence electrons. The summed E-state index contributed by atoms with van der Waals surface area (Å²) < 4.78 is 25.5. The van der Waals surface area contributed by atoms with Gasteiger partial charge in [0.1, 0.15) is 5.70 Å². The standard InChI is InChI=1S/C19H31N2O12/c1-12(22)20-17(19(26)31-11-10-29-9-7-21(27)28-5)18(33-15(4)25)16(32-14(3)24)6-8-30-13(2)23/h16,19,26H,6-11H2,1-5H3,(H,20,22)/q-1/b18-17-. The van der Waals surface area contributed by atoms with E-state index >= 15 is 0 Å². The van der Waals surface area contributed by atoms with Gasteiger partial charge >= 0.3 is 17.9 Å². The Kier molecular flexibility index (Phi) is 15.6. The molecule has 0 rings (SSSR count). The predicted octanol–water partition coefficient (Wildman–Crippen LogP) is -0.505. The number of rotatable bonds is 16. The first-order chi connectivity index (χ1) is 15.5. The van der Waals surface area contributed by atoms with Gasteiger partial charge in [0.15, 0.2) is 18.2 Å². The summed E-state index contributed by atoms with van der Waals surface area (Å²) in [6.07, 6.45) is -3.28. The second-order valence-corrected chi connectivity index (χ2v) is 6.35. The first-order valence-electron chi connectivity index (χ1n) is 9.84. The smallest absolute Gasteiger partial charge is 0.307 e. The quantitative estimate of drug-likeness (QED) is 0.0722. The topological polar surface area (TPSA) is 182 Å². The molecule has 0 saturated heterocycles. The molecule has 0 saturated carbocycles. The van der Waals surface area contributed by atoms with Crippen LogP contribution < -0.4 is 5.32 Å². The van der Waals surface area contributed by atoms with Crippen molar-refractivity contribution in [2.45, 2.75) is 46.5 Å². The van der Waals surface area contributed by atoms with Gasteiger partial charge in [-0.05, 0) is 0 Å². The van der Waals surface area contributed by atoms with E-state index in [9.17, 15) is 29.5 Å². The van der Waals surface area contributed by atoms with Gasteiger partial charge < -0.3 is 44.2 Å². The molecular formula is C19H31N2O12-. The normalized spacial score (nSPS) is 13.6. The molecule has 0 aliphatic rings. The average Bonchev–Trinajstić information content (AvgIpc) is 2.71. The summed E-state index contributed by atoms with van der Waals surface area (Å²) in [6.45, 7) is 3.99. The van der Waals surface area contributed by atoms with Crippen LogP contribution in [0.4, 0.5) is 0 Å². The fraction of sp³-hybridized carbons (Fsp3) is 0.684. The van der Waals surface area contributed by atoms with Crippen molar-refractivity contribution in [3.63, 3.8) is 0 Å². The molecule has 14 nitrogen and oxygen atoms in total. The van der Waals surface area contributed by atoms with Crippen LogP contribution in [0.2, 0.25) is 0 Å². The van der Waals surface area contributed by atoms with E-state index in [-0.39, 0.29) is 39.4 Å². The van der Waals surface area contributed by atoms with Crippen molar-refractivity contribution in [3.05, 3.63) is 16.7 Å². The van der Waals surface area contributed by atoms with Gasteiger partial charge in [-0.3, -0.25) is 24.4 Å². The minimum atomic E-state index is -1.83. The van der Waals surface area contributed by atoms with Gasteiger partial charge in [0.05, 0.1) is 33.5 Å². The minimum absolute atomic E-state index is 0.0224. The lowest BCUT2D eigenvalue weighted by molar-refractivity contribution is -0.153. The summed E-state index contributed by atoms with van der Waals surface area (Å²) in [7, 11) is 1.21. The largest absolute Gasteiger partial charge is 0.762 e. The number of hydroxylamine groups is 2. The molecule has 0 bridgehead atoms. The zero-order valence-electron chi connectivity index (χ0n) is 19.3. The van der Waals surface area contributed by atoms with Crippen molar-refractivity contribution in [2.24, 2.45) is 0 Å². The Hall–Kier alpha value is -2.62. The van der Waals surface area contributed by atoms with Crippen LogP contribution in [-0.2, 0) is 47.7 Å². The molecule has 2 unspecified atom stereocenters. The number of carbonyl (C=O) groups excluding carboxylic acids is 4. The van der Waals surface area contributed by atoms with Gasteiger partial charge in [0.2, 0.25) is 5.91 Å². The second-order valence-electron chi connectivity index (χ2n) is 6.35. The molecule has 1 amide bonds. The van der Waals surface area contributed by atoms with Crippen LogP contribution in [0.1, 0.15) is 34.1 Å². The second kappa shape index (κ2) is 16.9. The van der Waals surface area contributed by atoms with E-state index in [4.69, 9.17) is 23.7 Å². The molecular weight excluding hydrogens is 448 g/mol. The number of hydrogen-bond donors (Lipinski definition) is 2. The van der Waals surface area contributed by atoms with Gasteiger partial charge in [-0.15, -0.1) is 0 Å². The van der Waals surface area contributed by atoms with Crippen LogP contribution >= 0.6 is 0 Å². The highest BCUT2D eigenvalue weighted by atomic mass is 16.9. The summed E-state index contributed by atoms with van der Waals surface area (Å²) >= 11 is 0. The third-order valence-electron chi connectivity index (χ3n) is 3.49. The fourth-order valence-electron chi connectivity index (χ4n) is 2.27. The maximum Gasteiger partial charge on any atom is 0.307 e. The zero-order valence-corrected chi connectivity index (χ0v) is 19.3. The Balaban J connectivity index is 5.58. The minimum Gasteiger partial charge on any atom is -0.762 e. The van der Waals surface area contributed by atoms with Crippen molar-refractivity contribution < 1.29 is 52.8 Å². The Morgan fingerprint density at radius 3 is 2.15 bits per heavy atom. The summed E-state index contributed by atoms with van der Waals surface area (Å²) in [5.41, 5.74) is -0.392. The lowest BCUT2D eigenvalue weighted by Crippen LogP contribution is -2.36. The van der Waals surface area contributed by atoms with Crippen LogP contribution in [0.25, 0.3) is 0 Å². The third-order valence-corrected chi connectivity index (χ3v) is 3.49. The number of ether oxygens (including phenoxy) is 5. The number of nitrogens with one attached hydrogen (secondary N) is 1. The van der Waals surface area contributed by atoms with Crippen LogP contribution in [0.15, 0.2) is 11.5 Å². The molecule has 14 heteroatoms. The zero-order chi connectivity index (χ0) is 25.4. The first-order valence-corrected chi connectivity index (χ1v) is 9.84. The van der Waals surface area contributed by atoms with Crippen LogP contribution in [0.5, 0.6) is 0 Å². The van der Waals surface area contributed by atoms with Crippen molar-refractivity contribution in [3.8, 4) is 0 Å². The first kappa shape index (κ1) is 30.4. The molecule has 0 aromatic heterocycles. The fourth-order valence-corrected chi connectivity index (χ4v) is 2.27. The molecule has 0 aromatic carbocycles. The van der Waals surface area contributed by atoms with Crippen molar-refractivity contribution in [2.75, 3.05) is 40.1 Å². The van der Waals surface area contributed by atoms with Crippen molar-refractivity contribution >= 4 is 23.8 Å². The number of aliphatic hydroxyl groups excluding tert-OH is 1. The Morgan fingerprint density at radius 1 is 0.970 bits per heavy atom. The lowest BCUT2D eigenvalue weighted by atomic mass is 10.1. The Labute approximate surface area is 191 Å². The van der Waals surface area contributed by atoms with Gasteiger partial charge in [-0.25, -0.2) is 0 Å². The maximum atomic E-state index is 11.7. The number of nitrogens with zero attached hydrogens (tertiary/aromatic N) is 1. The monoisotopic (exact) mass is 479 g/mol. The molecule has 33 heavy (non-hydrogen) atoms. The maximum absolute atomic E-state index is 11.7. The average molecular weight is 479 g/mol. The number of esters is 3.